The lowest BCUT2D eigenvalue weighted by atomic mass is 10.1. The quantitative estimate of drug-likeness (QED) is 0.571. The first-order chi connectivity index (χ1) is 10.7. The van der Waals surface area contributed by atoms with Crippen LogP contribution in [0.25, 0.3) is 10.9 Å². The highest BCUT2D eigenvalue weighted by molar-refractivity contribution is 7.12. The third kappa shape index (κ3) is 2.51. The standard InChI is InChI=1S/C15H13N3O3S/c1-21-15(20)12-7-22-14(18-12)13(17-8-19)10-6-16-11-5-3-2-4-9(10)11/h2-7,16,19H,8H2,1H3. The summed E-state index contributed by atoms with van der Waals surface area (Å²) in [5.74, 6) is -0.496. The van der Waals surface area contributed by atoms with Crippen LogP contribution in [-0.2, 0) is 4.74 Å². The summed E-state index contributed by atoms with van der Waals surface area (Å²) in [7, 11) is 1.31. The number of thiazole rings is 1. The van der Waals surface area contributed by atoms with E-state index >= 15 is 0 Å². The summed E-state index contributed by atoms with van der Waals surface area (Å²) >= 11 is 1.28. The molecule has 0 aliphatic rings. The fourth-order valence-electron chi connectivity index (χ4n) is 2.19. The third-order valence-corrected chi connectivity index (χ3v) is 4.02. The van der Waals surface area contributed by atoms with E-state index in [0.717, 1.165) is 16.5 Å². The smallest absolute Gasteiger partial charge is 0.357 e. The minimum absolute atomic E-state index is 0.230. The van der Waals surface area contributed by atoms with Crippen LogP contribution in [0.1, 0.15) is 21.1 Å². The first-order valence-corrected chi connectivity index (χ1v) is 7.38. The number of benzene rings is 1. The maximum Gasteiger partial charge on any atom is 0.357 e. The van der Waals surface area contributed by atoms with E-state index < -0.39 is 5.97 Å². The summed E-state index contributed by atoms with van der Waals surface area (Å²) in [5.41, 5.74) is 2.57. The molecule has 0 unspecified atom stereocenters. The van der Waals surface area contributed by atoms with Crippen LogP contribution in [0, 0.1) is 0 Å². The molecule has 2 aromatic heterocycles. The number of H-pyrrole nitrogens is 1. The summed E-state index contributed by atoms with van der Waals surface area (Å²) in [4.78, 5) is 23.1. The summed E-state index contributed by atoms with van der Waals surface area (Å²) in [6.07, 6.45) is 1.82. The fraction of sp³-hybridized carbons (Fsp3) is 0.133. The number of methoxy groups -OCH3 is 1. The average molecular weight is 315 g/mol. The number of hydrogen-bond donors (Lipinski definition) is 2. The number of carbonyl (C=O) groups excluding carboxylic acids is 1. The van der Waals surface area contributed by atoms with Gasteiger partial charge in [0.1, 0.15) is 17.5 Å². The summed E-state index contributed by atoms with van der Waals surface area (Å²) < 4.78 is 4.66. The van der Waals surface area contributed by atoms with Crippen molar-refractivity contribution in [3.05, 3.63) is 52.1 Å². The van der Waals surface area contributed by atoms with Gasteiger partial charge < -0.3 is 14.8 Å². The van der Waals surface area contributed by atoms with Crippen molar-refractivity contribution in [1.29, 1.82) is 0 Å². The number of aliphatic imine (C=N–C) groups is 1. The largest absolute Gasteiger partial charge is 0.464 e. The fourth-order valence-corrected chi connectivity index (χ4v) is 3.00. The van der Waals surface area contributed by atoms with Crippen molar-refractivity contribution in [2.75, 3.05) is 13.8 Å². The molecule has 0 saturated heterocycles. The van der Waals surface area contributed by atoms with Crippen LogP contribution in [0.15, 0.2) is 40.8 Å². The number of fused-ring (bicyclic) bond motifs is 1. The van der Waals surface area contributed by atoms with Crippen LogP contribution >= 0.6 is 11.3 Å². The lowest BCUT2D eigenvalue weighted by Gasteiger charge is -2.01. The number of aromatic amines is 1. The number of nitrogens with one attached hydrogen (secondary N) is 1. The van der Waals surface area contributed by atoms with Crippen molar-refractivity contribution in [3.63, 3.8) is 0 Å². The molecule has 0 fully saturated rings. The molecule has 1 aromatic carbocycles. The topological polar surface area (TPSA) is 87.6 Å². The number of nitrogens with zero attached hydrogens (tertiary/aromatic N) is 2. The highest BCUT2D eigenvalue weighted by atomic mass is 32.1. The van der Waals surface area contributed by atoms with E-state index in [0.29, 0.717) is 10.7 Å². The molecule has 0 saturated carbocycles. The van der Waals surface area contributed by atoms with Gasteiger partial charge >= 0.3 is 5.97 Å². The van der Waals surface area contributed by atoms with Crippen LogP contribution in [-0.4, -0.2) is 40.6 Å². The zero-order valence-corrected chi connectivity index (χ0v) is 12.6. The van der Waals surface area contributed by atoms with E-state index in [-0.39, 0.29) is 12.4 Å². The highest BCUT2D eigenvalue weighted by Crippen LogP contribution is 2.23. The van der Waals surface area contributed by atoms with Gasteiger partial charge in [-0.2, -0.15) is 0 Å². The molecule has 6 nitrogen and oxygen atoms in total. The van der Waals surface area contributed by atoms with E-state index in [1.807, 2.05) is 30.5 Å². The van der Waals surface area contributed by atoms with Crippen LogP contribution in [0.2, 0.25) is 0 Å². The molecule has 0 spiro atoms. The number of aromatic nitrogens is 2. The molecule has 2 heterocycles. The van der Waals surface area contributed by atoms with Gasteiger partial charge in [-0.1, -0.05) is 18.2 Å². The molecular weight excluding hydrogens is 302 g/mol. The second-order valence-corrected chi connectivity index (χ2v) is 5.28. The maximum absolute atomic E-state index is 11.5. The Balaban J connectivity index is 2.09. The minimum atomic E-state index is -0.496. The maximum atomic E-state index is 11.5. The van der Waals surface area contributed by atoms with Crippen LogP contribution in [0.5, 0.6) is 0 Å². The molecule has 22 heavy (non-hydrogen) atoms. The van der Waals surface area contributed by atoms with Gasteiger partial charge in [-0.15, -0.1) is 11.3 Å². The molecule has 0 aliphatic heterocycles. The Morgan fingerprint density at radius 1 is 1.45 bits per heavy atom. The van der Waals surface area contributed by atoms with Gasteiger partial charge in [0.2, 0.25) is 0 Å². The van der Waals surface area contributed by atoms with Gasteiger partial charge in [0.15, 0.2) is 5.69 Å². The van der Waals surface area contributed by atoms with Crippen molar-refractivity contribution >= 4 is 33.9 Å². The van der Waals surface area contributed by atoms with Gasteiger partial charge in [0.25, 0.3) is 0 Å². The number of carbonyl (C=O) groups is 1. The predicted octanol–water partition coefficient (Wildman–Crippen LogP) is 2.20. The van der Waals surface area contributed by atoms with Crippen molar-refractivity contribution in [2.45, 2.75) is 0 Å². The molecule has 2 N–H and O–H groups in total. The molecule has 7 heteroatoms. The van der Waals surface area contributed by atoms with Gasteiger partial charge in [0, 0.05) is 28.0 Å². The average Bonchev–Trinajstić information content (AvgIpc) is 3.19. The summed E-state index contributed by atoms with van der Waals surface area (Å²) in [6, 6.07) is 7.78. The molecule has 0 amide bonds. The number of ether oxygens (including phenoxy) is 1. The van der Waals surface area contributed by atoms with E-state index in [9.17, 15) is 9.90 Å². The second kappa shape index (κ2) is 6.08. The Hall–Kier alpha value is -2.51. The van der Waals surface area contributed by atoms with Gasteiger partial charge in [-0.05, 0) is 6.07 Å². The summed E-state index contributed by atoms with van der Waals surface area (Å²) in [6.45, 7) is -0.359. The van der Waals surface area contributed by atoms with Gasteiger partial charge in [-0.3, -0.25) is 4.99 Å². The Morgan fingerprint density at radius 2 is 2.27 bits per heavy atom. The Morgan fingerprint density at radius 3 is 3.05 bits per heavy atom. The minimum Gasteiger partial charge on any atom is -0.464 e. The lowest BCUT2D eigenvalue weighted by Crippen LogP contribution is -2.06. The SMILES string of the molecule is COC(=O)c1csc(C(=NCO)c2c[nH]c3ccccc23)n1. The second-order valence-electron chi connectivity index (χ2n) is 4.43. The normalized spacial score (nSPS) is 11.8. The van der Waals surface area contributed by atoms with Crippen LogP contribution < -0.4 is 0 Å². The van der Waals surface area contributed by atoms with Crippen LogP contribution in [0.3, 0.4) is 0 Å². The first kappa shape index (κ1) is 14.4. The highest BCUT2D eigenvalue weighted by Gasteiger charge is 2.18. The number of esters is 1. The Labute approximate surface area is 130 Å². The van der Waals surface area contributed by atoms with E-state index in [1.54, 1.807) is 5.38 Å². The first-order valence-electron chi connectivity index (χ1n) is 6.50. The molecule has 112 valence electrons. The van der Waals surface area contributed by atoms with Crippen LogP contribution in [0.4, 0.5) is 0 Å². The molecule has 3 rings (SSSR count). The zero-order valence-electron chi connectivity index (χ0n) is 11.7. The van der Waals surface area contributed by atoms with E-state index in [4.69, 9.17) is 0 Å². The van der Waals surface area contributed by atoms with Crippen molar-refractivity contribution in [3.8, 4) is 0 Å². The number of hydrogen-bond acceptors (Lipinski definition) is 6. The Kier molecular flexibility index (Phi) is 3.99. The summed E-state index contributed by atoms with van der Waals surface area (Å²) in [5, 5.41) is 12.4. The molecule has 3 aromatic rings. The monoisotopic (exact) mass is 315 g/mol. The van der Waals surface area contributed by atoms with Crippen molar-refractivity contribution in [1.82, 2.24) is 9.97 Å². The number of aliphatic hydroxyl groups is 1. The molecule has 0 bridgehead atoms. The molecular formula is C15H13N3O3S. The van der Waals surface area contributed by atoms with E-state index in [2.05, 4.69) is 19.7 Å². The number of aliphatic hydroxyl groups excluding tert-OH is 1. The Bertz CT molecular complexity index is 850. The van der Waals surface area contributed by atoms with Gasteiger partial charge in [0.05, 0.1) is 7.11 Å². The van der Waals surface area contributed by atoms with Gasteiger partial charge in [-0.25, -0.2) is 9.78 Å². The molecule has 0 radical (unpaired) electrons. The lowest BCUT2D eigenvalue weighted by molar-refractivity contribution is 0.0595. The van der Waals surface area contributed by atoms with Crippen molar-refractivity contribution < 1.29 is 14.6 Å². The zero-order chi connectivity index (χ0) is 15.5. The number of para-hydroxylation sites is 1. The molecule has 0 atom stereocenters. The number of rotatable bonds is 4. The van der Waals surface area contributed by atoms with Crippen molar-refractivity contribution in [2.24, 2.45) is 4.99 Å². The molecule has 0 aliphatic carbocycles. The third-order valence-electron chi connectivity index (χ3n) is 3.17. The van der Waals surface area contributed by atoms with E-state index in [1.165, 1.54) is 18.4 Å². The predicted molar refractivity (Wildman–Crippen MR) is 84.5 cm³/mol.